The SMILES string of the molecule is COC(=O)C[C@@H](CC(=O)N(C(=O)Nc1ccc(N(C)C)cc1)c1ccc(N(C)C)cc1)OC(C)=O. The Bertz CT molecular complexity index is 1030. The summed E-state index contributed by atoms with van der Waals surface area (Å²) in [5.74, 6) is -1.95. The van der Waals surface area contributed by atoms with Gasteiger partial charge in [0.1, 0.15) is 6.10 Å². The van der Waals surface area contributed by atoms with Gasteiger partial charge in [0.05, 0.1) is 25.6 Å². The lowest BCUT2D eigenvalue weighted by Gasteiger charge is -2.24. The van der Waals surface area contributed by atoms with Crippen LogP contribution in [-0.2, 0) is 23.9 Å². The van der Waals surface area contributed by atoms with Gasteiger partial charge >= 0.3 is 18.0 Å². The van der Waals surface area contributed by atoms with E-state index in [4.69, 9.17) is 4.74 Å². The Kier molecular flexibility index (Phi) is 9.63. The normalized spacial score (nSPS) is 11.1. The van der Waals surface area contributed by atoms with Gasteiger partial charge in [-0.05, 0) is 48.5 Å². The van der Waals surface area contributed by atoms with Crippen molar-refractivity contribution in [3.05, 3.63) is 48.5 Å². The van der Waals surface area contributed by atoms with Gasteiger partial charge < -0.3 is 24.6 Å². The van der Waals surface area contributed by atoms with E-state index in [-0.39, 0.29) is 6.42 Å². The van der Waals surface area contributed by atoms with Gasteiger partial charge in [0.15, 0.2) is 0 Å². The zero-order valence-corrected chi connectivity index (χ0v) is 20.9. The topological polar surface area (TPSA) is 108 Å². The second-order valence-corrected chi connectivity index (χ2v) is 8.23. The van der Waals surface area contributed by atoms with Crippen LogP contribution in [-0.4, -0.2) is 65.3 Å². The minimum atomic E-state index is -1.08. The van der Waals surface area contributed by atoms with E-state index >= 15 is 0 Å². The average Bonchev–Trinajstić information content (AvgIpc) is 2.79. The third-order valence-electron chi connectivity index (χ3n) is 5.07. The van der Waals surface area contributed by atoms with E-state index in [1.807, 2.05) is 50.1 Å². The molecule has 35 heavy (non-hydrogen) atoms. The molecule has 0 aliphatic carbocycles. The Morgan fingerprint density at radius 2 is 1.29 bits per heavy atom. The molecule has 0 saturated heterocycles. The summed E-state index contributed by atoms with van der Waals surface area (Å²) in [5, 5.41) is 2.73. The van der Waals surface area contributed by atoms with Crippen molar-refractivity contribution < 1.29 is 28.7 Å². The van der Waals surface area contributed by atoms with Crippen LogP contribution >= 0.6 is 0 Å². The predicted octanol–water partition coefficient (Wildman–Crippen LogP) is 3.27. The third kappa shape index (κ3) is 8.02. The summed E-state index contributed by atoms with van der Waals surface area (Å²) in [6.45, 7) is 1.18. The molecular formula is C25H32N4O6. The summed E-state index contributed by atoms with van der Waals surface area (Å²) in [5.41, 5.74) is 2.64. The van der Waals surface area contributed by atoms with Crippen molar-refractivity contribution in [2.45, 2.75) is 25.9 Å². The molecule has 2 aromatic rings. The van der Waals surface area contributed by atoms with Crippen LogP contribution in [0.3, 0.4) is 0 Å². The maximum Gasteiger partial charge on any atom is 0.333 e. The quantitative estimate of drug-likeness (QED) is 0.541. The van der Waals surface area contributed by atoms with E-state index < -0.39 is 36.4 Å². The van der Waals surface area contributed by atoms with E-state index in [0.717, 1.165) is 16.3 Å². The fourth-order valence-electron chi connectivity index (χ4n) is 3.24. The van der Waals surface area contributed by atoms with Crippen molar-refractivity contribution >= 4 is 46.6 Å². The van der Waals surface area contributed by atoms with Gasteiger partial charge in [-0.1, -0.05) is 0 Å². The number of hydrogen-bond acceptors (Lipinski definition) is 8. The van der Waals surface area contributed by atoms with Crippen LogP contribution in [0.25, 0.3) is 0 Å². The first-order chi connectivity index (χ1) is 16.5. The number of carbonyl (C=O) groups excluding carboxylic acids is 4. The lowest BCUT2D eigenvalue weighted by molar-refractivity contribution is -0.152. The van der Waals surface area contributed by atoms with Crippen molar-refractivity contribution in [1.82, 2.24) is 0 Å². The molecule has 2 rings (SSSR count). The van der Waals surface area contributed by atoms with Gasteiger partial charge in [-0.25, -0.2) is 9.69 Å². The van der Waals surface area contributed by atoms with Crippen LogP contribution in [0.4, 0.5) is 27.5 Å². The first-order valence-electron chi connectivity index (χ1n) is 10.9. The highest BCUT2D eigenvalue weighted by molar-refractivity contribution is 6.18. The first-order valence-corrected chi connectivity index (χ1v) is 10.9. The average molecular weight is 485 g/mol. The molecule has 188 valence electrons. The summed E-state index contributed by atoms with van der Waals surface area (Å²) in [4.78, 5) is 54.6. The molecule has 3 amide bonds. The van der Waals surface area contributed by atoms with Crippen LogP contribution in [0, 0.1) is 0 Å². The number of esters is 2. The maximum absolute atomic E-state index is 13.3. The van der Waals surface area contributed by atoms with Crippen LogP contribution < -0.4 is 20.0 Å². The number of rotatable bonds is 9. The van der Waals surface area contributed by atoms with E-state index in [0.29, 0.717) is 11.4 Å². The Morgan fingerprint density at radius 3 is 1.74 bits per heavy atom. The van der Waals surface area contributed by atoms with Gasteiger partial charge in [-0.15, -0.1) is 0 Å². The predicted molar refractivity (Wildman–Crippen MR) is 135 cm³/mol. The van der Waals surface area contributed by atoms with E-state index in [2.05, 4.69) is 10.1 Å². The smallest absolute Gasteiger partial charge is 0.333 e. The number of imide groups is 1. The number of nitrogens with one attached hydrogen (secondary N) is 1. The highest BCUT2D eigenvalue weighted by atomic mass is 16.6. The van der Waals surface area contributed by atoms with Crippen LogP contribution in [0.15, 0.2) is 48.5 Å². The van der Waals surface area contributed by atoms with Gasteiger partial charge in [-0.3, -0.25) is 14.4 Å². The van der Waals surface area contributed by atoms with E-state index in [1.165, 1.54) is 14.0 Å². The zero-order chi connectivity index (χ0) is 26.1. The summed E-state index contributed by atoms with van der Waals surface area (Å²) < 4.78 is 9.77. The summed E-state index contributed by atoms with van der Waals surface area (Å²) in [6.07, 6.45) is -1.79. The zero-order valence-electron chi connectivity index (χ0n) is 20.9. The van der Waals surface area contributed by atoms with Crippen molar-refractivity contribution in [2.75, 3.05) is 55.3 Å². The van der Waals surface area contributed by atoms with Crippen molar-refractivity contribution in [2.24, 2.45) is 0 Å². The monoisotopic (exact) mass is 484 g/mol. The van der Waals surface area contributed by atoms with E-state index in [1.54, 1.807) is 36.4 Å². The number of methoxy groups -OCH3 is 1. The number of nitrogens with zero attached hydrogens (tertiary/aromatic N) is 3. The number of carbonyl (C=O) groups is 4. The lowest BCUT2D eigenvalue weighted by Crippen LogP contribution is -2.42. The Labute approximate surface area is 205 Å². The van der Waals surface area contributed by atoms with Crippen LogP contribution in [0.5, 0.6) is 0 Å². The summed E-state index contributed by atoms with van der Waals surface area (Å²) >= 11 is 0. The molecule has 2 aromatic carbocycles. The molecule has 0 radical (unpaired) electrons. The molecule has 1 atom stereocenters. The molecule has 0 saturated carbocycles. The maximum atomic E-state index is 13.3. The molecule has 0 heterocycles. The number of hydrogen-bond donors (Lipinski definition) is 1. The molecule has 0 aromatic heterocycles. The van der Waals surface area contributed by atoms with Crippen LogP contribution in [0.2, 0.25) is 0 Å². The van der Waals surface area contributed by atoms with Crippen molar-refractivity contribution in [1.29, 1.82) is 0 Å². The first kappa shape index (κ1) is 27.2. The largest absolute Gasteiger partial charge is 0.469 e. The van der Waals surface area contributed by atoms with E-state index in [9.17, 15) is 19.2 Å². The Balaban J connectivity index is 2.34. The molecule has 1 N–H and O–H groups in total. The number of amides is 3. The second-order valence-electron chi connectivity index (χ2n) is 8.23. The van der Waals surface area contributed by atoms with Gasteiger partial charge in [0.25, 0.3) is 0 Å². The van der Waals surface area contributed by atoms with Crippen LogP contribution in [0.1, 0.15) is 19.8 Å². The minimum absolute atomic E-state index is 0.317. The Morgan fingerprint density at radius 1 is 0.800 bits per heavy atom. The summed E-state index contributed by atoms with van der Waals surface area (Å²) in [7, 11) is 8.75. The molecular weight excluding hydrogens is 452 g/mol. The highest BCUT2D eigenvalue weighted by Gasteiger charge is 2.29. The molecule has 10 nitrogen and oxygen atoms in total. The minimum Gasteiger partial charge on any atom is -0.469 e. The van der Waals surface area contributed by atoms with Crippen molar-refractivity contribution in [3.8, 4) is 0 Å². The fourth-order valence-corrected chi connectivity index (χ4v) is 3.24. The Hall–Kier alpha value is -4.08. The highest BCUT2D eigenvalue weighted by Crippen LogP contribution is 2.23. The standard InChI is InChI=1S/C25H32N4O6/c1-17(30)35-22(16-24(32)34-6)15-23(31)29(21-13-11-20(12-14-21)28(4)5)25(33)26-18-7-9-19(10-8-18)27(2)3/h7-14,22H,15-16H2,1-6H3,(H,26,33)/t22-/m1/s1. The number of ether oxygens (including phenoxy) is 2. The second kappa shape index (κ2) is 12.4. The number of benzene rings is 2. The fraction of sp³-hybridized carbons (Fsp3) is 0.360. The lowest BCUT2D eigenvalue weighted by atomic mass is 10.1. The molecule has 10 heteroatoms. The third-order valence-corrected chi connectivity index (χ3v) is 5.07. The molecule has 0 aliphatic rings. The van der Waals surface area contributed by atoms with Crippen molar-refractivity contribution in [3.63, 3.8) is 0 Å². The van der Waals surface area contributed by atoms with Gasteiger partial charge in [0, 0.05) is 52.2 Å². The van der Waals surface area contributed by atoms with Gasteiger partial charge in [0.2, 0.25) is 5.91 Å². The molecule has 0 aliphatic heterocycles. The molecule has 0 fully saturated rings. The van der Waals surface area contributed by atoms with Gasteiger partial charge in [-0.2, -0.15) is 0 Å². The number of anilines is 4. The molecule has 0 unspecified atom stereocenters. The summed E-state index contributed by atoms with van der Waals surface area (Å²) in [6, 6.07) is 13.3. The molecule has 0 bridgehead atoms. The number of urea groups is 1. The molecule has 0 spiro atoms.